The molecule has 0 bridgehead atoms. The lowest BCUT2D eigenvalue weighted by atomic mass is 9.99. The van der Waals surface area contributed by atoms with Gasteiger partial charge in [-0.3, -0.25) is 10.1 Å². The fourth-order valence-electron chi connectivity index (χ4n) is 2.14. The van der Waals surface area contributed by atoms with E-state index in [9.17, 15) is 10.1 Å². The van der Waals surface area contributed by atoms with Crippen LogP contribution in [0.5, 0.6) is 0 Å². The molecule has 0 saturated carbocycles. The average Bonchev–Trinajstić information content (AvgIpc) is 2.46. The minimum Gasteiger partial charge on any atom is -0.313 e. The molecule has 1 unspecified atom stereocenters. The first-order valence-corrected chi connectivity index (χ1v) is 7.54. The Labute approximate surface area is 136 Å². The molecule has 0 fully saturated rings. The second-order valence-corrected chi connectivity index (χ2v) is 5.96. The van der Waals surface area contributed by atoms with Crippen LogP contribution in [-0.4, -0.2) is 12.0 Å². The van der Waals surface area contributed by atoms with Crippen molar-refractivity contribution < 1.29 is 4.92 Å². The number of hydrogen-bond donors (Lipinski definition) is 1. The van der Waals surface area contributed by atoms with E-state index in [0.717, 1.165) is 15.6 Å². The summed E-state index contributed by atoms with van der Waals surface area (Å²) in [6.45, 7) is 0. The predicted octanol–water partition coefficient (Wildman–Crippen LogP) is 4.51. The Hall–Kier alpha value is -1.43. The number of non-ortho nitro benzene ring substituents is 1. The summed E-state index contributed by atoms with van der Waals surface area (Å²) in [6, 6.07) is 12.4. The van der Waals surface area contributed by atoms with Gasteiger partial charge in [0.1, 0.15) is 0 Å². The molecule has 1 N–H and O–H groups in total. The van der Waals surface area contributed by atoms with Crippen LogP contribution in [0.3, 0.4) is 0 Å². The lowest BCUT2D eigenvalue weighted by molar-refractivity contribution is -0.384. The van der Waals surface area contributed by atoms with Gasteiger partial charge in [0.05, 0.1) is 4.92 Å². The third kappa shape index (κ3) is 4.03. The Morgan fingerprint density at radius 2 is 1.95 bits per heavy atom. The van der Waals surface area contributed by atoms with E-state index < -0.39 is 4.92 Å². The lowest BCUT2D eigenvalue weighted by Crippen LogP contribution is -2.19. The summed E-state index contributed by atoms with van der Waals surface area (Å²) in [7, 11) is 1.87. The first-order valence-electron chi connectivity index (χ1n) is 6.37. The van der Waals surface area contributed by atoms with Gasteiger partial charge in [-0.05, 0) is 36.7 Å². The van der Waals surface area contributed by atoms with Gasteiger partial charge in [0.2, 0.25) is 0 Å². The molecule has 2 rings (SSSR count). The van der Waals surface area contributed by atoms with Gasteiger partial charge < -0.3 is 5.32 Å². The second kappa shape index (κ2) is 7.02. The molecule has 2 aromatic carbocycles. The Balaban J connectivity index is 2.20. The number of halogens is 2. The van der Waals surface area contributed by atoms with Crippen molar-refractivity contribution in [1.29, 1.82) is 0 Å². The van der Waals surface area contributed by atoms with Gasteiger partial charge in [0.25, 0.3) is 5.69 Å². The first kappa shape index (κ1) is 15.9. The normalized spacial score (nSPS) is 12.1. The summed E-state index contributed by atoms with van der Waals surface area (Å²) in [5, 5.41) is 14.6. The highest BCUT2D eigenvalue weighted by molar-refractivity contribution is 9.10. The van der Waals surface area contributed by atoms with Crippen LogP contribution < -0.4 is 5.32 Å². The van der Waals surface area contributed by atoms with Gasteiger partial charge in [-0.2, -0.15) is 0 Å². The Morgan fingerprint density at radius 1 is 1.29 bits per heavy atom. The number of nitro groups is 1. The molecule has 0 amide bonds. The molecule has 0 aromatic heterocycles. The summed E-state index contributed by atoms with van der Waals surface area (Å²) >= 11 is 9.66. The molecule has 0 heterocycles. The van der Waals surface area contributed by atoms with Gasteiger partial charge in [-0.15, -0.1) is 0 Å². The summed E-state index contributed by atoms with van der Waals surface area (Å²) in [6.07, 6.45) is 0.704. The van der Waals surface area contributed by atoms with Gasteiger partial charge >= 0.3 is 0 Å². The third-order valence-electron chi connectivity index (χ3n) is 3.27. The van der Waals surface area contributed by atoms with Gasteiger partial charge in [0.15, 0.2) is 0 Å². The summed E-state index contributed by atoms with van der Waals surface area (Å²) < 4.78 is 0.932. The third-order valence-corrected chi connectivity index (χ3v) is 4.09. The molecule has 0 aliphatic carbocycles. The van der Waals surface area contributed by atoms with Crippen molar-refractivity contribution in [2.24, 2.45) is 0 Å². The molecule has 21 heavy (non-hydrogen) atoms. The van der Waals surface area contributed by atoms with Crippen LogP contribution in [0.15, 0.2) is 46.9 Å². The fourth-order valence-corrected chi connectivity index (χ4v) is 2.95. The van der Waals surface area contributed by atoms with Crippen molar-refractivity contribution in [2.75, 3.05) is 7.05 Å². The highest BCUT2D eigenvalue weighted by atomic mass is 79.9. The van der Waals surface area contributed by atoms with Crippen LogP contribution in [0, 0.1) is 10.1 Å². The number of benzene rings is 2. The molecule has 0 aliphatic heterocycles. The zero-order chi connectivity index (χ0) is 15.4. The van der Waals surface area contributed by atoms with E-state index in [0.29, 0.717) is 11.4 Å². The van der Waals surface area contributed by atoms with Gasteiger partial charge in [-0.25, -0.2) is 0 Å². The molecular formula is C15H14BrClN2O2. The highest BCUT2D eigenvalue weighted by Crippen LogP contribution is 2.28. The molecule has 0 saturated heterocycles. The maximum atomic E-state index is 10.7. The van der Waals surface area contributed by atoms with E-state index in [-0.39, 0.29) is 11.7 Å². The maximum Gasteiger partial charge on any atom is 0.269 e. The smallest absolute Gasteiger partial charge is 0.269 e. The van der Waals surface area contributed by atoms with Crippen molar-refractivity contribution in [3.63, 3.8) is 0 Å². The van der Waals surface area contributed by atoms with Crippen molar-refractivity contribution in [3.8, 4) is 0 Å². The van der Waals surface area contributed by atoms with E-state index in [1.165, 1.54) is 12.1 Å². The van der Waals surface area contributed by atoms with Crippen LogP contribution >= 0.6 is 27.5 Å². The summed E-state index contributed by atoms with van der Waals surface area (Å²) in [5.41, 5.74) is 2.11. The van der Waals surface area contributed by atoms with Crippen molar-refractivity contribution in [1.82, 2.24) is 5.32 Å². The second-order valence-electron chi connectivity index (χ2n) is 4.63. The fraction of sp³-hybridized carbons (Fsp3) is 0.200. The minimum atomic E-state index is -0.398. The highest BCUT2D eigenvalue weighted by Gasteiger charge is 2.14. The molecule has 2 aromatic rings. The molecule has 0 aliphatic rings. The summed E-state index contributed by atoms with van der Waals surface area (Å²) in [4.78, 5) is 10.3. The van der Waals surface area contributed by atoms with Crippen LogP contribution in [0.4, 0.5) is 5.69 Å². The van der Waals surface area contributed by atoms with E-state index in [1.807, 2.05) is 25.2 Å². The van der Waals surface area contributed by atoms with Crippen molar-refractivity contribution in [2.45, 2.75) is 12.5 Å². The Bertz CT molecular complexity index is 647. The lowest BCUT2D eigenvalue weighted by Gasteiger charge is -2.18. The maximum absolute atomic E-state index is 10.7. The summed E-state index contributed by atoms with van der Waals surface area (Å²) in [5.74, 6) is 0. The zero-order valence-electron chi connectivity index (χ0n) is 11.3. The number of rotatable bonds is 5. The number of likely N-dealkylation sites (N-methyl/N-ethyl adjacent to an activating group) is 1. The molecule has 0 radical (unpaired) electrons. The molecule has 0 spiro atoms. The largest absolute Gasteiger partial charge is 0.313 e. The Kier molecular flexibility index (Phi) is 5.33. The van der Waals surface area contributed by atoms with E-state index in [1.54, 1.807) is 12.1 Å². The van der Waals surface area contributed by atoms with Gasteiger partial charge in [0, 0.05) is 27.7 Å². The molecule has 110 valence electrons. The number of nitrogens with zero attached hydrogens (tertiary/aromatic N) is 1. The van der Waals surface area contributed by atoms with Crippen LogP contribution in [0.2, 0.25) is 5.02 Å². The van der Waals surface area contributed by atoms with Crippen molar-refractivity contribution >= 4 is 33.2 Å². The SMILES string of the molecule is CNC(Cc1ccc([N+](=O)[O-])cc1)c1ccc(Br)cc1Cl. The van der Waals surface area contributed by atoms with Crippen molar-refractivity contribution in [3.05, 3.63) is 73.2 Å². The standard InChI is InChI=1S/C15H14BrClN2O2/c1-18-15(13-7-4-11(16)9-14(13)17)8-10-2-5-12(6-3-10)19(20)21/h2-7,9,15,18H,8H2,1H3. The number of nitro benzene ring substituents is 1. The van der Waals surface area contributed by atoms with Crippen LogP contribution in [0.1, 0.15) is 17.2 Å². The van der Waals surface area contributed by atoms with E-state index >= 15 is 0 Å². The van der Waals surface area contributed by atoms with Crippen LogP contribution in [0.25, 0.3) is 0 Å². The zero-order valence-corrected chi connectivity index (χ0v) is 13.7. The topological polar surface area (TPSA) is 55.2 Å². The number of nitrogens with one attached hydrogen (secondary N) is 1. The molecule has 4 nitrogen and oxygen atoms in total. The molecule has 1 atom stereocenters. The molecule has 6 heteroatoms. The van der Waals surface area contributed by atoms with E-state index in [2.05, 4.69) is 21.2 Å². The predicted molar refractivity (Wildman–Crippen MR) is 87.8 cm³/mol. The minimum absolute atomic E-state index is 0.0482. The average molecular weight is 370 g/mol. The van der Waals surface area contributed by atoms with Crippen LogP contribution in [-0.2, 0) is 6.42 Å². The Morgan fingerprint density at radius 3 is 2.48 bits per heavy atom. The first-order chi connectivity index (χ1) is 10.0. The quantitative estimate of drug-likeness (QED) is 0.623. The van der Waals surface area contributed by atoms with E-state index in [4.69, 9.17) is 11.6 Å². The number of hydrogen-bond acceptors (Lipinski definition) is 3. The monoisotopic (exact) mass is 368 g/mol. The van der Waals surface area contributed by atoms with Gasteiger partial charge in [-0.1, -0.05) is 45.7 Å². The molecular weight excluding hydrogens is 356 g/mol.